The predicted molar refractivity (Wildman–Crippen MR) is 103 cm³/mol. The van der Waals surface area contributed by atoms with Gasteiger partial charge in [-0.2, -0.15) is 13.2 Å². The molecule has 1 aromatic heterocycles. The van der Waals surface area contributed by atoms with Crippen LogP contribution in [-0.4, -0.2) is 77.7 Å². The summed E-state index contributed by atoms with van der Waals surface area (Å²) in [4.78, 5) is 24.2. The fourth-order valence-electron chi connectivity index (χ4n) is 3.72. The number of rotatable bonds is 5. The van der Waals surface area contributed by atoms with E-state index >= 15 is 0 Å². The maximum Gasteiger partial charge on any atom is 0.425 e. The van der Waals surface area contributed by atoms with E-state index < -0.39 is 24.4 Å². The molecule has 3 heterocycles. The van der Waals surface area contributed by atoms with Crippen LogP contribution >= 0.6 is 0 Å². The number of piperidine rings is 2. The number of nitrogens with zero attached hydrogens (tertiary/aromatic N) is 4. The minimum absolute atomic E-state index is 0.0222. The van der Waals surface area contributed by atoms with Gasteiger partial charge in [-0.3, -0.25) is 0 Å². The SMILES string of the molecule is CC(OC(=O)N1CCC[C@H](N)[C@@H]1COC1CCN(c2ncccn2)CC1)C(F)(F)F. The second-order valence-corrected chi connectivity index (χ2v) is 7.70. The molecule has 2 fully saturated rings. The first-order chi connectivity index (χ1) is 14.3. The Morgan fingerprint density at radius 2 is 1.90 bits per heavy atom. The third kappa shape index (κ3) is 5.72. The molecule has 2 aliphatic rings. The van der Waals surface area contributed by atoms with Gasteiger partial charge in [0.25, 0.3) is 0 Å². The van der Waals surface area contributed by atoms with Crippen LogP contribution in [0.3, 0.4) is 0 Å². The molecule has 2 saturated heterocycles. The summed E-state index contributed by atoms with van der Waals surface area (Å²) in [5.41, 5.74) is 6.16. The lowest BCUT2D eigenvalue weighted by Gasteiger charge is -2.40. The molecule has 2 N–H and O–H groups in total. The number of anilines is 1. The standard InChI is InChI=1S/C19H28F3N5O3/c1-13(19(20,21)22)30-18(28)27-9-2-4-15(23)16(27)12-29-14-5-10-26(11-6-14)17-24-7-3-8-25-17/h3,7-8,13-16H,2,4-6,9-12,23H2,1H3/t13?,15-,16-/m0/s1. The van der Waals surface area contributed by atoms with Gasteiger partial charge in [-0.1, -0.05) is 0 Å². The molecule has 8 nitrogen and oxygen atoms in total. The fourth-order valence-corrected chi connectivity index (χ4v) is 3.72. The normalized spacial score (nSPS) is 24.6. The molecule has 1 unspecified atom stereocenters. The van der Waals surface area contributed by atoms with Crippen LogP contribution in [-0.2, 0) is 9.47 Å². The molecule has 0 bridgehead atoms. The molecule has 30 heavy (non-hydrogen) atoms. The van der Waals surface area contributed by atoms with Crippen molar-refractivity contribution in [3.63, 3.8) is 0 Å². The molecular weight excluding hydrogens is 403 g/mol. The average Bonchev–Trinajstić information content (AvgIpc) is 2.73. The highest BCUT2D eigenvalue weighted by Crippen LogP contribution is 2.25. The number of carbonyl (C=O) groups excluding carboxylic acids is 1. The topological polar surface area (TPSA) is 93.8 Å². The van der Waals surface area contributed by atoms with Crippen LogP contribution in [0.2, 0.25) is 0 Å². The van der Waals surface area contributed by atoms with Crippen LogP contribution in [0.15, 0.2) is 18.5 Å². The third-order valence-electron chi connectivity index (χ3n) is 5.58. The Bertz CT molecular complexity index is 686. The summed E-state index contributed by atoms with van der Waals surface area (Å²) in [6.07, 6.45) is -1.59. The van der Waals surface area contributed by atoms with Crippen molar-refractivity contribution in [3.05, 3.63) is 18.5 Å². The van der Waals surface area contributed by atoms with E-state index in [0.717, 1.165) is 32.9 Å². The Morgan fingerprint density at radius 3 is 2.53 bits per heavy atom. The van der Waals surface area contributed by atoms with Gasteiger partial charge in [0.1, 0.15) is 0 Å². The zero-order chi connectivity index (χ0) is 21.7. The van der Waals surface area contributed by atoms with Gasteiger partial charge >= 0.3 is 12.3 Å². The highest BCUT2D eigenvalue weighted by molar-refractivity contribution is 5.68. The van der Waals surface area contributed by atoms with E-state index in [9.17, 15) is 18.0 Å². The van der Waals surface area contributed by atoms with Gasteiger partial charge in [0.2, 0.25) is 5.95 Å². The third-order valence-corrected chi connectivity index (χ3v) is 5.58. The largest absolute Gasteiger partial charge is 0.437 e. The number of amides is 1. The van der Waals surface area contributed by atoms with Crippen LogP contribution in [0.1, 0.15) is 32.6 Å². The van der Waals surface area contributed by atoms with Crippen molar-refractivity contribution in [2.24, 2.45) is 5.73 Å². The molecule has 3 rings (SSSR count). The Kier molecular flexibility index (Phi) is 7.35. The first-order valence-electron chi connectivity index (χ1n) is 10.2. The van der Waals surface area contributed by atoms with E-state index in [0.29, 0.717) is 25.3 Å². The summed E-state index contributed by atoms with van der Waals surface area (Å²) in [6, 6.07) is 0.881. The summed E-state index contributed by atoms with van der Waals surface area (Å²) in [7, 11) is 0. The molecule has 0 spiro atoms. The second-order valence-electron chi connectivity index (χ2n) is 7.70. The second kappa shape index (κ2) is 9.78. The first-order valence-corrected chi connectivity index (χ1v) is 10.2. The first kappa shape index (κ1) is 22.5. The quantitative estimate of drug-likeness (QED) is 0.765. The molecule has 168 valence electrons. The van der Waals surface area contributed by atoms with Gasteiger partial charge in [0.15, 0.2) is 6.10 Å². The maximum absolute atomic E-state index is 12.7. The minimum atomic E-state index is -4.60. The number of hydrogen-bond acceptors (Lipinski definition) is 7. The Balaban J connectivity index is 1.51. The minimum Gasteiger partial charge on any atom is -0.437 e. The number of carbonyl (C=O) groups is 1. The summed E-state index contributed by atoms with van der Waals surface area (Å²) in [5, 5.41) is 0. The van der Waals surface area contributed by atoms with Crippen molar-refractivity contribution in [1.82, 2.24) is 14.9 Å². The molecule has 3 atom stereocenters. The van der Waals surface area contributed by atoms with Crippen LogP contribution < -0.4 is 10.6 Å². The van der Waals surface area contributed by atoms with Gasteiger partial charge in [0.05, 0.1) is 18.8 Å². The fraction of sp³-hybridized carbons (Fsp3) is 0.737. The Hall–Kier alpha value is -2.14. The number of nitrogens with two attached hydrogens (primary N) is 1. The molecule has 2 aliphatic heterocycles. The summed E-state index contributed by atoms with van der Waals surface area (Å²) >= 11 is 0. The van der Waals surface area contributed by atoms with Crippen LogP contribution in [0.5, 0.6) is 0 Å². The summed E-state index contributed by atoms with van der Waals surface area (Å²) in [6.45, 7) is 2.76. The van der Waals surface area contributed by atoms with Gasteiger partial charge in [-0.05, 0) is 38.7 Å². The van der Waals surface area contributed by atoms with Crippen molar-refractivity contribution >= 4 is 12.0 Å². The van der Waals surface area contributed by atoms with Crippen LogP contribution in [0, 0.1) is 0 Å². The number of halogens is 3. The smallest absolute Gasteiger partial charge is 0.425 e. The van der Waals surface area contributed by atoms with Crippen molar-refractivity contribution < 1.29 is 27.4 Å². The number of ether oxygens (including phenoxy) is 2. The molecule has 0 aromatic carbocycles. The van der Waals surface area contributed by atoms with E-state index in [1.807, 2.05) is 0 Å². The highest BCUT2D eigenvalue weighted by atomic mass is 19.4. The number of alkyl halides is 3. The van der Waals surface area contributed by atoms with E-state index in [4.69, 9.17) is 10.5 Å². The van der Waals surface area contributed by atoms with Crippen molar-refractivity contribution in [2.75, 3.05) is 31.1 Å². The van der Waals surface area contributed by atoms with E-state index in [2.05, 4.69) is 19.6 Å². The molecule has 1 aromatic rings. The molecule has 0 aliphatic carbocycles. The number of likely N-dealkylation sites (tertiary alicyclic amines) is 1. The van der Waals surface area contributed by atoms with Gasteiger partial charge in [-0.25, -0.2) is 14.8 Å². The maximum atomic E-state index is 12.7. The molecular formula is C19H28F3N5O3. The predicted octanol–water partition coefficient (Wildman–Crippen LogP) is 2.34. The van der Waals surface area contributed by atoms with Gasteiger partial charge in [-0.15, -0.1) is 0 Å². The number of aromatic nitrogens is 2. The molecule has 11 heteroatoms. The van der Waals surface area contributed by atoms with Gasteiger partial charge < -0.3 is 25.0 Å². The summed E-state index contributed by atoms with van der Waals surface area (Å²) < 4.78 is 48.8. The van der Waals surface area contributed by atoms with Crippen molar-refractivity contribution in [2.45, 2.75) is 63.1 Å². The van der Waals surface area contributed by atoms with E-state index in [1.54, 1.807) is 18.5 Å². The lowest BCUT2D eigenvalue weighted by molar-refractivity contribution is -0.200. The van der Waals surface area contributed by atoms with Crippen LogP contribution in [0.4, 0.5) is 23.9 Å². The lowest BCUT2D eigenvalue weighted by Crippen LogP contribution is -2.57. The van der Waals surface area contributed by atoms with E-state index in [1.165, 1.54) is 4.90 Å². The van der Waals surface area contributed by atoms with Gasteiger partial charge in [0, 0.05) is 38.1 Å². The zero-order valence-electron chi connectivity index (χ0n) is 16.9. The van der Waals surface area contributed by atoms with Crippen molar-refractivity contribution in [1.29, 1.82) is 0 Å². The average molecular weight is 431 g/mol. The molecule has 0 radical (unpaired) electrons. The number of hydrogen-bond donors (Lipinski definition) is 1. The van der Waals surface area contributed by atoms with Crippen LogP contribution in [0.25, 0.3) is 0 Å². The highest BCUT2D eigenvalue weighted by Gasteiger charge is 2.42. The zero-order valence-corrected chi connectivity index (χ0v) is 16.9. The van der Waals surface area contributed by atoms with Crippen molar-refractivity contribution in [3.8, 4) is 0 Å². The summed E-state index contributed by atoms with van der Waals surface area (Å²) in [5.74, 6) is 0.679. The monoisotopic (exact) mass is 431 g/mol. The Labute approximate surface area is 173 Å². The molecule has 1 amide bonds. The van der Waals surface area contributed by atoms with E-state index in [-0.39, 0.29) is 18.8 Å². The Morgan fingerprint density at radius 1 is 1.23 bits per heavy atom. The lowest BCUT2D eigenvalue weighted by atomic mass is 9.98. The molecule has 0 saturated carbocycles.